The molecule has 1 aliphatic heterocycles. The Morgan fingerprint density at radius 1 is 1.42 bits per heavy atom. The second-order valence-corrected chi connectivity index (χ2v) is 6.39. The monoisotopic (exact) mass is 290 g/mol. The number of nitrogens with zero attached hydrogens (tertiary/aromatic N) is 2. The van der Waals surface area contributed by atoms with Gasteiger partial charge >= 0.3 is 0 Å². The molecule has 0 fully saturated rings. The first-order chi connectivity index (χ1) is 9.33. The Labute approximate surface area is 120 Å². The minimum atomic E-state index is 0.201. The lowest BCUT2D eigenvalue weighted by molar-refractivity contribution is -0.129. The third kappa shape index (κ3) is 2.98. The lowest BCUT2D eigenvalue weighted by Gasteiger charge is -2.26. The first-order valence-corrected chi connectivity index (χ1v) is 8.06. The third-order valence-electron chi connectivity index (χ3n) is 3.14. The minimum absolute atomic E-state index is 0.201. The third-order valence-corrected chi connectivity index (χ3v) is 5.09. The van der Waals surface area contributed by atoms with Gasteiger partial charge in [-0.05, 0) is 35.6 Å². The molecule has 0 aliphatic carbocycles. The maximum atomic E-state index is 12.2. The van der Waals surface area contributed by atoms with Gasteiger partial charge in [-0.3, -0.25) is 4.79 Å². The van der Waals surface area contributed by atoms with Gasteiger partial charge in [0.25, 0.3) is 0 Å². The molecule has 0 N–H and O–H groups in total. The normalized spacial score (nSPS) is 14.2. The van der Waals surface area contributed by atoms with E-state index in [0.29, 0.717) is 5.75 Å². The molecule has 2 aromatic heterocycles. The number of carbonyl (C=O) groups excluding carboxylic acids is 1. The molecule has 19 heavy (non-hydrogen) atoms. The molecular weight excluding hydrogens is 276 g/mol. The maximum absolute atomic E-state index is 12.2. The fraction of sp³-hybridized carbons (Fsp3) is 0.286. The average molecular weight is 290 g/mol. The summed E-state index contributed by atoms with van der Waals surface area (Å²) in [4.78, 5) is 19.8. The van der Waals surface area contributed by atoms with Crippen molar-refractivity contribution in [2.75, 3.05) is 12.3 Å². The lowest BCUT2D eigenvalue weighted by Crippen LogP contribution is -2.36. The van der Waals surface area contributed by atoms with Crippen molar-refractivity contribution in [3.8, 4) is 0 Å². The predicted octanol–water partition coefficient (Wildman–Crippen LogP) is 2.82. The molecule has 3 nitrogen and oxygen atoms in total. The van der Waals surface area contributed by atoms with Crippen molar-refractivity contribution in [3.05, 3.63) is 46.3 Å². The molecule has 0 radical (unpaired) electrons. The van der Waals surface area contributed by atoms with E-state index < -0.39 is 0 Å². The molecule has 1 aliphatic rings. The zero-order valence-electron chi connectivity index (χ0n) is 10.4. The van der Waals surface area contributed by atoms with Crippen molar-refractivity contribution in [3.63, 3.8) is 0 Å². The van der Waals surface area contributed by atoms with Gasteiger partial charge in [-0.1, -0.05) is 17.8 Å². The number of aromatic nitrogens is 1. The summed E-state index contributed by atoms with van der Waals surface area (Å²) >= 11 is 3.30. The lowest BCUT2D eigenvalue weighted by atomic mass is 10.1. The van der Waals surface area contributed by atoms with Crippen LogP contribution in [-0.4, -0.2) is 28.1 Å². The van der Waals surface area contributed by atoms with E-state index in [1.807, 2.05) is 23.1 Å². The highest BCUT2D eigenvalue weighted by Gasteiger charge is 2.21. The van der Waals surface area contributed by atoms with Crippen molar-refractivity contribution >= 4 is 29.0 Å². The fourth-order valence-electron chi connectivity index (χ4n) is 2.12. The molecule has 0 unspecified atom stereocenters. The highest BCUT2D eigenvalue weighted by molar-refractivity contribution is 7.99. The second kappa shape index (κ2) is 5.75. The van der Waals surface area contributed by atoms with Crippen molar-refractivity contribution in [1.29, 1.82) is 0 Å². The summed E-state index contributed by atoms with van der Waals surface area (Å²) in [5.74, 6) is 0.670. The molecule has 1 amide bonds. The van der Waals surface area contributed by atoms with E-state index in [4.69, 9.17) is 0 Å². The Morgan fingerprint density at radius 3 is 3.21 bits per heavy atom. The van der Waals surface area contributed by atoms with Gasteiger partial charge in [0, 0.05) is 24.2 Å². The summed E-state index contributed by atoms with van der Waals surface area (Å²) in [5, 5.41) is 3.02. The van der Waals surface area contributed by atoms with Gasteiger partial charge in [0.1, 0.15) is 0 Å². The molecule has 98 valence electrons. The highest BCUT2D eigenvalue weighted by Crippen LogP contribution is 2.25. The molecule has 0 saturated carbocycles. The van der Waals surface area contributed by atoms with Gasteiger partial charge in [0.15, 0.2) is 0 Å². The molecule has 2 aromatic rings. The summed E-state index contributed by atoms with van der Waals surface area (Å²) in [6.07, 6.45) is 2.75. The van der Waals surface area contributed by atoms with Gasteiger partial charge in [0.2, 0.25) is 5.91 Å². The SMILES string of the molecule is O=C(CSc1ccccn1)N1CCc2sccc2C1. The number of thioether (sulfide) groups is 1. The fourth-order valence-corrected chi connectivity index (χ4v) is 3.77. The zero-order chi connectivity index (χ0) is 13.1. The van der Waals surface area contributed by atoms with Crippen LogP contribution >= 0.6 is 23.1 Å². The van der Waals surface area contributed by atoms with Crippen LogP contribution in [0.25, 0.3) is 0 Å². The zero-order valence-corrected chi connectivity index (χ0v) is 12.0. The van der Waals surface area contributed by atoms with E-state index in [0.717, 1.165) is 24.5 Å². The van der Waals surface area contributed by atoms with Crippen LogP contribution in [0.2, 0.25) is 0 Å². The van der Waals surface area contributed by atoms with Crippen LogP contribution in [0, 0.1) is 0 Å². The van der Waals surface area contributed by atoms with E-state index in [1.165, 1.54) is 22.2 Å². The van der Waals surface area contributed by atoms with Crippen molar-refractivity contribution < 1.29 is 4.79 Å². The van der Waals surface area contributed by atoms with E-state index >= 15 is 0 Å². The largest absolute Gasteiger partial charge is 0.337 e. The van der Waals surface area contributed by atoms with Crippen LogP contribution in [-0.2, 0) is 17.8 Å². The number of pyridine rings is 1. The number of hydrogen-bond acceptors (Lipinski definition) is 4. The number of fused-ring (bicyclic) bond motifs is 1. The molecule has 0 aromatic carbocycles. The summed E-state index contributed by atoms with van der Waals surface area (Å²) in [6, 6.07) is 7.89. The van der Waals surface area contributed by atoms with Crippen molar-refractivity contribution in [2.45, 2.75) is 18.0 Å². The Morgan fingerprint density at radius 2 is 2.37 bits per heavy atom. The summed E-state index contributed by atoms with van der Waals surface area (Å²) in [5.41, 5.74) is 1.31. The number of carbonyl (C=O) groups is 1. The second-order valence-electron chi connectivity index (χ2n) is 4.39. The number of amides is 1. The Bertz CT molecular complexity index is 568. The summed E-state index contributed by atoms with van der Waals surface area (Å²) < 4.78 is 0. The molecule has 5 heteroatoms. The number of thiophene rings is 1. The van der Waals surface area contributed by atoms with Crippen LogP contribution in [0.5, 0.6) is 0 Å². The van der Waals surface area contributed by atoms with Crippen LogP contribution in [0.4, 0.5) is 0 Å². The van der Waals surface area contributed by atoms with E-state index in [2.05, 4.69) is 16.4 Å². The van der Waals surface area contributed by atoms with Gasteiger partial charge in [-0.2, -0.15) is 0 Å². The highest BCUT2D eigenvalue weighted by atomic mass is 32.2. The van der Waals surface area contributed by atoms with Crippen LogP contribution in [0.15, 0.2) is 40.9 Å². The summed E-state index contributed by atoms with van der Waals surface area (Å²) in [6.45, 7) is 1.61. The Hall–Kier alpha value is -1.33. The van der Waals surface area contributed by atoms with Gasteiger partial charge < -0.3 is 4.90 Å². The standard InChI is InChI=1S/C14H14N2OS2/c17-14(10-19-13-3-1-2-6-15-13)16-7-4-12-11(9-16)5-8-18-12/h1-3,5-6,8H,4,7,9-10H2. The maximum Gasteiger partial charge on any atom is 0.233 e. The molecule has 3 heterocycles. The average Bonchev–Trinajstić information content (AvgIpc) is 2.93. The van der Waals surface area contributed by atoms with Crippen LogP contribution in [0.1, 0.15) is 10.4 Å². The molecule has 0 saturated heterocycles. The molecule has 3 rings (SSSR count). The van der Waals surface area contributed by atoms with Crippen LogP contribution < -0.4 is 0 Å². The Balaban J connectivity index is 1.57. The molecule has 0 bridgehead atoms. The van der Waals surface area contributed by atoms with Crippen molar-refractivity contribution in [1.82, 2.24) is 9.88 Å². The quantitative estimate of drug-likeness (QED) is 0.815. The summed E-state index contributed by atoms with van der Waals surface area (Å²) in [7, 11) is 0. The molecular formula is C14H14N2OS2. The van der Waals surface area contributed by atoms with Gasteiger partial charge in [-0.15, -0.1) is 11.3 Å². The topological polar surface area (TPSA) is 33.2 Å². The van der Waals surface area contributed by atoms with Gasteiger partial charge in [0.05, 0.1) is 10.8 Å². The minimum Gasteiger partial charge on any atom is -0.337 e. The first kappa shape index (κ1) is 12.7. The smallest absolute Gasteiger partial charge is 0.233 e. The van der Waals surface area contributed by atoms with Gasteiger partial charge in [-0.25, -0.2) is 4.98 Å². The van der Waals surface area contributed by atoms with Crippen molar-refractivity contribution in [2.24, 2.45) is 0 Å². The Kier molecular flexibility index (Phi) is 3.84. The first-order valence-electron chi connectivity index (χ1n) is 6.20. The molecule has 0 spiro atoms. The predicted molar refractivity (Wildman–Crippen MR) is 78.4 cm³/mol. The van der Waals surface area contributed by atoms with E-state index in [1.54, 1.807) is 17.5 Å². The van der Waals surface area contributed by atoms with Crippen LogP contribution in [0.3, 0.4) is 0 Å². The van der Waals surface area contributed by atoms with E-state index in [-0.39, 0.29) is 5.91 Å². The number of rotatable bonds is 3. The molecule has 0 atom stereocenters. The van der Waals surface area contributed by atoms with E-state index in [9.17, 15) is 4.79 Å². The number of hydrogen-bond donors (Lipinski definition) is 0.